The molecule has 13 heavy (non-hydrogen) atoms. The molecule has 0 spiro atoms. The predicted molar refractivity (Wildman–Crippen MR) is 48.4 cm³/mol. The first-order valence-corrected chi connectivity index (χ1v) is 4.63. The Kier molecular flexibility index (Phi) is 5.96. The van der Waals surface area contributed by atoms with Crippen molar-refractivity contribution in [2.45, 2.75) is 13.3 Å². The summed E-state index contributed by atoms with van der Waals surface area (Å²) in [5.41, 5.74) is 0. The van der Waals surface area contributed by atoms with Crippen LogP contribution in [0.2, 0.25) is 0 Å². The molecule has 0 aliphatic carbocycles. The molecule has 0 unspecified atom stereocenters. The van der Waals surface area contributed by atoms with Crippen molar-refractivity contribution < 1.29 is 19.5 Å². The van der Waals surface area contributed by atoms with Crippen LogP contribution >= 0.6 is 11.8 Å². The fourth-order valence-electron chi connectivity index (χ4n) is 0.527. The summed E-state index contributed by atoms with van der Waals surface area (Å²) < 4.78 is 0. The number of hydrogen-bond donors (Lipinski definition) is 2. The van der Waals surface area contributed by atoms with E-state index in [1.807, 2.05) is 0 Å². The van der Waals surface area contributed by atoms with E-state index in [0.29, 0.717) is 0 Å². The Morgan fingerprint density at radius 1 is 1.38 bits per heavy atom. The first kappa shape index (κ1) is 12.0. The van der Waals surface area contributed by atoms with Crippen LogP contribution in [0.1, 0.15) is 13.3 Å². The number of nitrogens with one attached hydrogen (secondary N) is 1. The fraction of sp³-hybridized carbons (Fsp3) is 0.571. The third-order valence-corrected chi connectivity index (χ3v) is 1.88. The standard InChI is InChI=1S/C7H11NO4S/c1-5(9)13-4-6(10)8-3-2-7(11)12/h2-4H2,1H3,(H,8,10)(H,11,12). The number of rotatable bonds is 5. The van der Waals surface area contributed by atoms with Crippen LogP contribution < -0.4 is 5.32 Å². The van der Waals surface area contributed by atoms with Gasteiger partial charge in [0.25, 0.3) is 0 Å². The van der Waals surface area contributed by atoms with Gasteiger partial charge in [-0.15, -0.1) is 0 Å². The van der Waals surface area contributed by atoms with Crippen LogP contribution in [0.5, 0.6) is 0 Å². The number of amides is 1. The van der Waals surface area contributed by atoms with Gasteiger partial charge in [0.1, 0.15) is 0 Å². The highest BCUT2D eigenvalue weighted by Crippen LogP contribution is 1.99. The Balaban J connectivity index is 3.41. The second-order valence-corrected chi connectivity index (χ2v) is 3.43. The summed E-state index contributed by atoms with van der Waals surface area (Å²) in [5.74, 6) is -1.23. The van der Waals surface area contributed by atoms with Gasteiger partial charge in [0.05, 0.1) is 12.2 Å². The Bertz CT molecular complexity index is 217. The fourth-order valence-corrected chi connectivity index (χ4v) is 0.963. The second-order valence-electron chi connectivity index (χ2n) is 2.27. The van der Waals surface area contributed by atoms with Crippen molar-refractivity contribution in [2.24, 2.45) is 0 Å². The normalized spacial score (nSPS) is 9.31. The Hall–Kier alpha value is -1.04. The van der Waals surface area contributed by atoms with E-state index in [1.54, 1.807) is 0 Å². The van der Waals surface area contributed by atoms with Crippen LogP contribution in [0.25, 0.3) is 0 Å². The van der Waals surface area contributed by atoms with E-state index in [0.717, 1.165) is 11.8 Å². The lowest BCUT2D eigenvalue weighted by Crippen LogP contribution is -2.27. The Morgan fingerprint density at radius 3 is 2.46 bits per heavy atom. The zero-order valence-electron chi connectivity index (χ0n) is 7.20. The van der Waals surface area contributed by atoms with E-state index < -0.39 is 5.97 Å². The van der Waals surface area contributed by atoms with Gasteiger partial charge in [-0.1, -0.05) is 11.8 Å². The highest BCUT2D eigenvalue weighted by molar-refractivity contribution is 8.14. The van der Waals surface area contributed by atoms with Crippen molar-refractivity contribution in [1.29, 1.82) is 0 Å². The number of carboxylic acid groups (broad SMARTS) is 1. The van der Waals surface area contributed by atoms with Crippen LogP contribution in [0.4, 0.5) is 0 Å². The van der Waals surface area contributed by atoms with E-state index >= 15 is 0 Å². The first-order chi connectivity index (χ1) is 6.02. The molecule has 0 aromatic heterocycles. The van der Waals surface area contributed by atoms with Gasteiger partial charge >= 0.3 is 5.97 Å². The quantitative estimate of drug-likeness (QED) is 0.652. The van der Waals surface area contributed by atoms with E-state index in [4.69, 9.17) is 5.11 Å². The number of aliphatic carboxylic acids is 1. The summed E-state index contributed by atoms with van der Waals surface area (Å²) in [4.78, 5) is 31.3. The van der Waals surface area contributed by atoms with Gasteiger partial charge in [-0.05, 0) is 0 Å². The van der Waals surface area contributed by atoms with Crippen LogP contribution in [-0.2, 0) is 14.4 Å². The summed E-state index contributed by atoms with van der Waals surface area (Å²) in [7, 11) is 0. The van der Waals surface area contributed by atoms with Gasteiger partial charge in [-0.2, -0.15) is 0 Å². The number of hydrogen-bond acceptors (Lipinski definition) is 4. The van der Waals surface area contributed by atoms with E-state index in [1.165, 1.54) is 6.92 Å². The van der Waals surface area contributed by atoms with Crippen LogP contribution in [0.3, 0.4) is 0 Å². The van der Waals surface area contributed by atoms with E-state index in [2.05, 4.69) is 5.32 Å². The molecule has 0 aromatic rings. The summed E-state index contributed by atoms with van der Waals surface area (Å²) >= 11 is 0.900. The van der Waals surface area contributed by atoms with Crippen LogP contribution in [0, 0.1) is 0 Å². The molecule has 5 nitrogen and oxygen atoms in total. The van der Waals surface area contributed by atoms with Crippen molar-refractivity contribution >= 4 is 28.8 Å². The molecule has 0 aliphatic heterocycles. The minimum absolute atomic E-state index is 0.0505. The Labute approximate surface area is 79.9 Å². The molecule has 0 aromatic carbocycles. The molecule has 0 saturated carbocycles. The maximum absolute atomic E-state index is 10.9. The molecule has 6 heteroatoms. The molecule has 0 rings (SSSR count). The molecule has 0 atom stereocenters. The predicted octanol–water partition coefficient (Wildman–Crippen LogP) is -0.143. The van der Waals surface area contributed by atoms with Crippen LogP contribution in [0.15, 0.2) is 0 Å². The lowest BCUT2D eigenvalue weighted by atomic mass is 10.4. The molecule has 0 radical (unpaired) electrons. The van der Waals surface area contributed by atoms with Gasteiger partial charge in [-0.3, -0.25) is 14.4 Å². The van der Waals surface area contributed by atoms with Gasteiger partial charge in [0.15, 0.2) is 5.12 Å². The second kappa shape index (κ2) is 6.47. The van der Waals surface area contributed by atoms with Gasteiger partial charge in [-0.25, -0.2) is 0 Å². The SMILES string of the molecule is CC(=O)SCC(=O)NCCC(=O)O. The molecule has 0 heterocycles. The van der Waals surface area contributed by atoms with Crippen molar-refractivity contribution in [1.82, 2.24) is 5.32 Å². The van der Waals surface area contributed by atoms with Crippen molar-refractivity contribution in [3.8, 4) is 0 Å². The lowest BCUT2D eigenvalue weighted by molar-refractivity contribution is -0.136. The van der Waals surface area contributed by atoms with Gasteiger partial charge in [0.2, 0.25) is 5.91 Å². The molecule has 0 aliphatic rings. The van der Waals surface area contributed by atoms with Crippen molar-refractivity contribution in [2.75, 3.05) is 12.3 Å². The topological polar surface area (TPSA) is 83.5 Å². The number of carbonyl (C=O) groups excluding carboxylic acids is 2. The maximum Gasteiger partial charge on any atom is 0.305 e. The molecular weight excluding hydrogens is 194 g/mol. The minimum Gasteiger partial charge on any atom is -0.481 e. The van der Waals surface area contributed by atoms with Crippen molar-refractivity contribution in [3.63, 3.8) is 0 Å². The summed E-state index contributed by atoms with van der Waals surface area (Å²) in [5, 5.41) is 10.5. The minimum atomic E-state index is -0.959. The molecule has 2 N–H and O–H groups in total. The largest absolute Gasteiger partial charge is 0.481 e. The maximum atomic E-state index is 10.9. The zero-order chi connectivity index (χ0) is 10.3. The number of thioether (sulfide) groups is 1. The third-order valence-electron chi connectivity index (χ3n) is 1.07. The molecule has 1 amide bonds. The zero-order valence-corrected chi connectivity index (χ0v) is 8.02. The van der Waals surface area contributed by atoms with E-state index in [9.17, 15) is 14.4 Å². The lowest BCUT2D eigenvalue weighted by Gasteiger charge is -2.00. The number of carbonyl (C=O) groups is 3. The molecule has 74 valence electrons. The average Bonchev–Trinajstić information content (AvgIpc) is 2.00. The highest BCUT2D eigenvalue weighted by atomic mass is 32.2. The smallest absolute Gasteiger partial charge is 0.305 e. The summed E-state index contributed by atoms with van der Waals surface area (Å²) in [6, 6.07) is 0. The monoisotopic (exact) mass is 205 g/mol. The van der Waals surface area contributed by atoms with E-state index in [-0.39, 0.29) is 29.7 Å². The molecular formula is C7H11NO4S. The molecule has 0 fully saturated rings. The third kappa shape index (κ3) is 8.87. The van der Waals surface area contributed by atoms with Gasteiger partial charge in [0, 0.05) is 13.5 Å². The summed E-state index contributed by atoms with van der Waals surface area (Å²) in [6.45, 7) is 1.47. The van der Waals surface area contributed by atoms with Gasteiger partial charge < -0.3 is 10.4 Å². The van der Waals surface area contributed by atoms with Crippen LogP contribution in [-0.4, -0.2) is 34.4 Å². The number of carboxylic acids is 1. The van der Waals surface area contributed by atoms with Crippen molar-refractivity contribution in [3.05, 3.63) is 0 Å². The summed E-state index contributed by atoms with van der Waals surface area (Å²) in [6.07, 6.45) is -0.101. The first-order valence-electron chi connectivity index (χ1n) is 3.64. The highest BCUT2D eigenvalue weighted by Gasteiger charge is 2.04. The molecule has 0 saturated heterocycles. The Morgan fingerprint density at radius 2 is 2.00 bits per heavy atom. The average molecular weight is 205 g/mol. The molecule has 0 bridgehead atoms.